The first-order valence-electron chi connectivity index (χ1n) is 4.57. The highest BCUT2D eigenvalue weighted by molar-refractivity contribution is 7.99. The quantitative estimate of drug-likeness (QED) is 0.760. The van der Waals surface area contributed by atoms with Crippen molar-refractivity contribution in [1.29, 1.82) is 0 Å². The van der Waals surface area contributed by atoms with E-state index in [0.717, 1.165) is 18.8 Å². The van der Waals surface area contributed by atoms with Crippen molar-refractivity contribution in [2.75, 3.05) is 13.1 Å². The van der Waals surface area contributed by atoms with E-state index in [9.17, 15) is 0 Å². The normalized spacial score (nSPS) is 17.8. The molecule has 70 valence electrons. The topological polar surface area (TPSA) is 24.1 Å². The molecule has 0 atom stereocenters. The summed E-state index contributed by atoms with van der Waals surface area (Å²) in [6.45, 7) is 2.18. The Morgan fingerprint density at radius 3 is 2.54 bits per heavy atom. The molecule has 0 aliphatic carbocycles. The molecule has 1 aromatic rings. The lowest BCUT2D eigenvalue weighted by Crippen LogP contribution is -2.26. The van der Waals surface area contributed by atoms with Crippen molar-refractivity contribution in [3.8, 4) is 0 Å². The molecular weight excluding hydrogens is 180 g/mol. The van der Waals surface area contributed by atoms with Crippen LogP contribution in [0.1, 0.15) is 5.56 Å². The SMILES string of the molecule is c1ccc(CSC2NCCN2)cc1. The third kappa shape index (κ3) is 2.72. The summed E-state index contributed by atoms with van der Waals surface area (Å²) in [7, 11) is 0. The van der Waals surface area contributed by atoms with Crippen LogP contribution in [0.25, 0.3) is 0 Å². The molecule has 2 nitrogen and oxygen atoms in total. The molecule has 2 rings (SSSR count). The first-order chi connectivity index (χ1) is 6.45. The monoisotopic (exact) mass is 194 g/mol. The van der Waals surface area contributed by atoms with E-state index in [0.29, 0.717) is 5.50 Å². The Labute approximate surface area is 83.1 Å². The van der Waals surface area contributed by atoms with Crippen LogP contribution >= 0.6 is 11.8 Å². The van der Waals surface area contributed by atoms with Crippen molar-refractivity contribution in [1.82, 2.24) is 10.6 Å². The van der Waals surface area contributed by atoms with E-state index in [-0.39, 0.29) is 0 Å². The lowest BCUT2D eigenvalue weighted by molar-refractivity contribution is 0.744. The molecule has 1 heterocycles. The summed E-state index contributed by atoms with van der Waals surface area (Å²) in [5, 5.41) is 6.76. The smallest absolute Gasteiger partial charge is 0.106 e. The fourth-order valence-corrected chi connectivity index (χ4v) is 2.37. The van der Waals surface area contributed by atoms with Crippen LogP contribution < -0.4 is 10.6 Å². The van der Waals surface area contributed by atoms with E-state index in [4.69, 9.17) is 0 Å². The minimum atomic E-state index is 0.445. The highest BCUT2D eigenvalue weighted by atomic mass is 32.2. The number of thioether (sulfide) groups is 1. The summed E-state index contributed by atoms with van der Waals surface area (Å²) in [5.74, 6) is 1.07. The van der Waals surface area contributed by atoms with Gasteiger partial charge in [0.15, 0.2) is 0 Å². The Balaban J connectivity index is 1.79. The second-order valence-corrected chi connectivity index (χ2v) is 4.18. The van der Waals surface area contributed by atoms with Gasteiger partial charge in [0.2, 0.25) is 0 Å². The van der Waals surface area contributed by atoms with Crippen LogP contribution in [0, 0.1) is 0 Å². The average molecular weight is 194 g/mol. The predicted molar refractivity (Wildman–Crippen MR) is 57.5 cm³/mol. The van der Waals surface area contributed by atoms with Gasteiger partial charge in [-0.15, -0.1) is 11.8 Å². The molecule has 1 aromatic carbocycles. The minimum absolute atomic E-state index is 0.445. The number of hydrogen-bond donors (Lipinski definition) is 2. The van der Waals surface area contributed by atoms with Gasteiger partial charge in [-0.3, -0.25) is 10.6 Å². The maximum Gasteiger partial charge on any atom is 0.106 e. The summed E-state index contributed by atoms with van der Waals surface area (Å²) < 4.78 is 0. The zero-order valence-electron chi connectivity index (χ0n) is 7.49. The van der Waals surface area contributed by atoms with E-state index in [2.05, 4.69) is 41.0 Å². The molecule has 0 saturated carbocycles. The number of nitrogens with one attached hydrogen (secondary N) is 2. The van der Waals surface area contributed by atoms with Crippen LogP contribution in [-0.4, -0.2) is 18.6 Å². The van der Waals surface area contributed by atoms with Gasteiger partial charge in [-0.1, -0.05) is 30.3 Å². The average Bonchev–Trinajstić information content (AvgIpc) is 2.69. The van der Waals surface area contributed by atoms with Crippen molar-refractivity contribution >= 4 is 11.8 Å². The Morgan fingerprint density at radius 1 is 1.15 bits per heavy atom. The molecule has 1 saturated heterocycles. The third-order valence-electron chi connectivity index (χ3n) is 2.04. The van der Waals surface area contributed by atoms with Crippen molar-refractivity contribution in [3.05, 3.63) is 35.9 Å². The summed E-state index contributed by atoms with van der Waals surface area (Å²) in [6.07, 6.45) is 0. The van der Waals surface area contributed by atoms with Gasteiger partial charge in [0.25, 0.3) is 0 Å². The van der Waals surface area contributed by atoms with E-state index >= 15 is 0 Å². The molecule has 0 unspecified atom stereocenters. The molecule has 0 spiro atoms. The second kappa shape index (κ2) is 4.65. The first-order valence-corrected chi connectivity index (χ1v) is 5.62. The number of benzene rings is 1. The van der Waals surface area contributed by atoms with Gasteiger partial charge < -0.3 is 0 Å². The van der Waals surface area contributed by atoms with Crippen molar-refractivity contribution < 1.29 is 0 Å². The summed E-state index contributed by atoms with van der Waals surface area (Å²) >= 11 is 1.91. The molecule has 1 aliphatic heterocycles. The van der Waals surface area contributed by atoms with Gasteiger partial charge >= 0.3 is 0 Å². The molecule has 2 N–H and O–H groups in total. The van der Waals surface area contributed by atoms with E-state index < -0.39 is 0 Å². The maximum atomic E-state index is 3.38. The highest BCUT2D eigenvalue weighted by Crippen LogP contribution is 2.15. The van der Waals surface area contributed by atoms with Crippen LogP contribution in [0.3, 0.4) is 0 Å². The molecule has 0 aromatic heterocycles. The molecule has 0 amide bonds. The highest BCUT2D eigenvalue weighted by Gasteiger charge is 2.12. The Bertz CT molecular complexity index is 244. The van der Waals surface area contributed by atoms with Gasteiger partial charge in [0.1, 0.15) is 5.50 Å². The molecule has 0 radical (unpaired) electrons. The molecule has 1 fully saturated rings. The van der Waals surface area contributed by atoms with Gasteiger partial charge in [-0.05, 0) is 5.56 Å². The van der Waals surface area contributed by atoms with Gasteiger partial charge in [-0.25, -0.2) is 0 Å². The van der Waals surface area contributed by atoms with Crippen LogP contribution in [0.5, 0.6) is 0 Å². The minimum Gasteiger partial charge on any atom is -0.292 e. The van der Waals surface area contributed by atoms with Crippen LogP contribution in [0.15, 0.2) is 30.3 Å². The van der Waals surface area contributed by atoms with E-state index in [1.54, 1.807) is 0 Å². The van der Waals surface area contributed by atoms with Gasteiger partial charge in [-0.2, -0.15) is 0 Å². The lowest BCUT2D eigenvalue weighted by atomic mass is 10.2. The largest absolute Gasteiger partial charge is 0.292 e. The molecule has 1 aliphatic rings. The van der Waals surface area contributed by atoms with Crippen LogP contribution in [-0.2, 0) is 5.75 Å². The van der Waals surface area contributed by atoms with Gasteiger partial charge in [0, 0.05) is 18.8 Å². The molecule has 13 heavy (non-hydrogen) atoms. The van der Waals surface area contributed by atoms with Crippen LogP contribution in [0.2, 0.25) is 0 Å². The first kappa shape index (κ1) is 9.06. The predicted octanol–water partition coefficient (Wildman–Crippen LogP) is 1.40. The molecule has 0 bridgehead atoms. The van der Waals surface area contributed by atoms with Crippen LogP contribution in [0.4, 0.5) is 0 Å². The van der Waals surface area contributed by atoms with Crippen molar-refractivity contribution in [3.63, 3.8) is 0 Å². The summed E-state index contributed by atoms with van der Waals surface area (Å²) in [4.78, 5) is 0. The van der Waals surface area contributed by atoms with E-state index in [1.807, 2.05) is 11.8 Å². The molecule has 3 heteroatoms. The number of rotatable bonds is 3. The maximum absolute atomic E-state index is 3.38. The molecular formula is C10H14N2S. The Kier molecular flexibility index (Phi) is 3.24. The standard InChI is InChI=1S/C10H14N2S/c1-2-4-9(5-3-1)8-13-10-11-6-7-12-10/h1-5,10-12H,6-8H2. The van der Waals surface area contributed by atoms with E-state index in [1.165, 1.54) is 5.56 Å². The summed E-state index contributed by atoms with van der Waals surface area (Å²) in [6, 6.07) is 10.6. The summed E-state index contributed by atoms with van der Waals surface area (Å²) in [5.41, 5.74) is 1.84. The zero-order valence-corrected chi connectivity index (χ0v) is 8.31. The lowest BCUT2D eigenvalue weighted by Gasteiger charge is -2.09. The zero-order chi connectivity index (χ0) is 8.93. The third-order valence-corrected chi connectivity index (χ3v) is 3.21. The Hall–Kier alpha value is -0.510. The Morgan fingerprint density at radius 2 is 1.85 bits per heavy atom. The van der Waals surface area contributed by atoms with Gasteiger partial charge in [0.05, 0.1) is 0 Å². The fourth-order valence-electron chi connectivity index (χ4n) is 1.35. The number of hydrogen-bond acceptors (Lipinski definition) is 3. The van der Waals surface area contributed by atoms with Crippen molar-refractivity contribution in [2.45, 2.75) is 11.3 Å². The second-order valence-electron chi connectivity index (χ2n) is 3.08. The van der Waals surface area contributed by atoms with Crippen molar-refractivity contribution in [2.24, 2.45) is 0 Å². The fraction of sp³-hybridized carbons (Fsp3) is 0.400.